The molecule has 0 atom stereocenters. The Hall–Kier alpha value is -1.65. The summed E-state index contributed by atoms with van der Waals surface area (Å²) in [6, 6.07) is 1.90. The number of aromatic nitrogens is 4. The normalized spacial score (nSPS) is 11.3. The molecule has 0 aromatic carbocycles. The lowest BCUT2D eigenvalue weighted by Gasteiger charge is -2.01. The van der Waals surface area contributed by atoms with E-state index in [4.69, 9.17) is 0 Å². The van der Waals surface area contributed by atoms with Crippen molar-refractivity contribution in [3.05, 3.63) is 28.9 Å². The summed E-state index contributed by atoms with van der Waals surface area (Å²) in [7, 11) is 0. The Labute approximate surface area is 74.6 Å². The second kappa shape index (κ2) is 2.69. The summed E-state index contributed by atoms with van der Waals surface area (Å²) < 4.78 is 2.92. The minimum Gasteiger partial charge on any atom is -0.294 e. The molecule has 68 valence electrons. The van der Waals surface area contributed by atoms with E-state index in [0.717, 1.165) is 5.52 Å². The number of hydrogen-bond acceptors (Lipinski definition) is 3. The van der Waals surface area contributed by atoms with Gasteiger partial charge in [-0.1, -0.05) is 5.21 Å². The van der Waals surface area contributed by atoms with Crippen LogP contribution in [-0.2, 0) is 0 Å². The molecule has 0 saturated heterocycles. The van der Waals surface area contributed by atoms with E-state index in [1.165, 1.54) is 4.52 Å². The van der Waals surface area contributed by atoms with E-state index >= 15 is 0 Å². The molecule has 0 radical (unpaired) electrons. The molecule has 0 aliphatic carbocycles. The third kappa shape index (κ3) is 1.12. The van der Waals surface area contributed by atoms with E-state index in [2.05, 4.69) is 10.3 Å². The van der Waals surface area contributed by atoms with Gasteiger partial charge in [0.05, 0.1) is 11.7 Å². The molecule has 2 aromatic rings. The molecule has 0 saturated carbocycles. The SMILES string of the molecule is CC(C)n1cc2ccnnn2c1=O. The zero-order chi connectivity index (χ0) is 9.42. The second-order valence-electron chi connectivity index (χ2n) is 3.17. The summed E-state index contributed by atoms with van der Waals surface area (Å²) >= 11 is 0. The lowest BCUT2D eigenvalue weighted by atomic mass is 10.4. The predicted molar refractivity (Wildman–Crippen MR) is 47.6 cm³/mol. The largest absolute Gasteiger partial charge is 0.350 e. The van der Waals surface area contributed by atoms with Crippen LogP contribution >= 0.6 is 0 Å². The minimum absolute atomic E-state index is 0.141. The Morgan fingerprint density at radius 3 is 2.85 bits per heavy atom. The molecule has 5 heteroatoms. The molecule has 0 aliphatic heterocycles. The Balaban J connectivity index is 2.82. The van der Waals surface area contributed by atoms with Crippen LogP contribution in [0.2, 0.25) is 0 Å². The van der Waals surface area contributed by atoms with Crippen molar-refractivity contribution < 1.29 is 0 Å². The van der Waals surface area contributed by atoms with Crippen molar-refractivity contribution in [1.29, 1.82) is 0 Å². The van der Waals surface area contributed by atoms with Crippen LogP contribution in [0.1, 0.15) is 19.9 Å². The highest BCUT2D eigenvalue weighted by Crippen LogP contribution is 2.03. The maximum absolute atomic E-state index is 11.6. The first-order chi connectivity index (χ1) is 6.20. The maximum atomic E-state index is 11.6. The van der Waals surface area contributed by atoms with Crippen molar-refractivity contribution in [2.45, 2.75) is 19.9 Å². The van der Waals surface area contributed by atoms with Crippen molar-refractivity contribution in [2.24, 2.45) is 0 Å². The van der Waals surface area contributed by atoms with Crippen molar-refractivity contribution in [2.75, 3.05) is 0 Å². The average molecular weight is 178 g/mol. The van der Waals surface area contributed by atoms with Gasteiger partial charge in [0, 0.05) is 12.2 Å². The van der Waals surface area contributed by atoms with Crippen molar-refractivity contribution >= 4 is 5.52 Å². The molecular formula is C8H10N4O. The molecule has 0 aliphatic rings. The predicted octanol–water partition coefficient (Wildman–Crippen LogP) is 0.472. The van der Waals surface area contributed by atoms with Crippen LogP contribution in [0.4, 0.5) is 0 Å². The molecule has 2 rings (SSSR count). The van der Waals surface area contributed by atoms with E-state index in [0.29, 0.717) is 0 Å². The monoisotopic (exact) mass is 178 g/mol. The van der Waals surface area contributed by atoms with Gasteiger partial charge in [0.15, 0.2) is 0 Å². The van der Waals surface area contributed by atoms with Crippen LogP contribution in [0.25, 0.3) is 5.52 Å². The van der Waals surface area contributed by atoms with Gasteiger partial charge in [0.25, 0.3) is 0 Å². The number of fused-ring (bicyclic) bond motifs is 1. The Morgan fingerprint density at radius 1 is 1.46 bits per heavy atom. The molecule has 0 unspecified atom stereocenters. The first-order valence-corrected chi connectivity index (χ1v) is 4.11. The Kier molecular flexibility index (Phi) is 1.65. The average Bonchev–Trinajstić information content (AvgIpc) is 2.45. The van der Waals surface area contributed by atoms with Crippen molar-refractivity contribution in [3.63, 3.8) is 0 Å². The Bertz CT molecular complexity index is 482. The van der Waals surface area contributed by atoms with Crippen LogP contribution in [0.5, 0.6) is 0 Å². The van der Waals surface area contributed by atoms with Gasteiger partial charge < -0.3 is 0 Å². The van der Waals surface area contributed by atoms with E-state index in [1.807, 2.05) is 13.8 Å². The van der Waals surface area contributed by atoms with Gasteiger partial charge in [0.2, 0.25) is 0 Å². The summed E-state index contributed by atoms with van der Waals surface area (Å²) in [6.07, 6.45) is 3.35. The number of imidazole rings is 1. The first kappa shape index (κ1) is 7.97. The first-order valence-electron chi connectivity index (χ1n) is 4.11. The van der Waals surface area contributed by atoms with E-state index in [1.54, 1.807) is 23.0 Å². The number of nitrogens with zero attached hydrogens (tertiary/aromatic N) is 4. The van der Waals surface area contributed by atoms with Crippen LogP contribution < -0.4 is 5.69 Å². The summed E-state index contributed by atoms with van der Waals surface area (Å²) in [4.78, 5) is 11.6. The van der Waals surface area contributed by atoms with Gasteiger partial charge in [-0.2, -0.15) is 4.52 Å². The maximum Gasteiger partial charge on any atom is 0.350 e. The highest BCUT2D eigenvalue weighted by Gasteiger charge is 2.07. The summed E-state index contributed by atoms with van der Waals surface area (Å²) in [5, 5.41) is 7.36. The molecule has 13 heavy (non-hydrogen) atoms. The van der Waals surface area contributed by atoms with Crippen LogP contribution in [0.3, 0.4) is 0 Å². The fourth-order valence-electron chi connectivity index (χ4n) is 1.24. The standard InChI is InChI=1S/C8H10N4O/c1-6(2)11-5-7-3-4-9-10-12(7)8(11)13/h3-6H,1-2H3. The molecule has 0 amide bonds. The quantitative estimate of drug-likeness (QED) is 0.638. The molecule has 2 aromatic heterocycles. The van der Waals surface area contributed by atoms with E-state index in [-0.39, 0.29) is 11.7 Å². The van der Waals surface area contributed by atoms with E-state index in [9.17, 15) is 4.79 Å². The zero-order valence-electron chi connectivity index (χ0n) is 7.51. The van der Waals surface area contributed by atoms with Gasteiger partial charge in [0.1, 0.15) is 0 Å². The smallest absolute Gasteiger partial charge is 0.294 e. The molecule has 0 spiro atoms. The lowest BCUT2D eigenvalue weighted by Crippen LogP contribution is -2.22. The molecule has 0 bridgehead atoms. The number of rotatable bonds is 1. The lowest BCUT2D eigenvalue weighted by molar-refractivity contribution is 0.566. The molecular weight excluding hydrogens is 168 g/mol. The number of hydrogen-bond donors (Lipinski definition) is 0. The molecule has 0 N–H and O–H groups in total. The van der Waals surface area contributed by atoms with Gasteiger partial charge in [-0.3, -0.25) is 4.57 Å². The van der Waals surface area contributed by atoms with Gasteiger partial charge >= 0.3 is 5.69 Å². The van der Waals surface area contributed by atoms with Crippen LogP contribution in [-0.4, -0.2) is 19.4 Å². The topological polar surface area (TPSA) is 52.2 Å². The second-order valence-corrected chi connectivity index (χ2v) is 3.17. The fourth-order valence-corrected chi connectivity index (χ4v) is 1.24. The molecule has 5 nitrogen and oxygen atoms in total. The Morgan fingerprint density at radius 2 is 2.23 bits per heavy atom. The van der Waals surface area contributed by atoms with Crippen molar-refractivity contribution in [3.8, 4) is 0 Å². The van der Waals surface area contributed by atoms with Gasteiger partial charge in [-0.25, -0.2) is 4.79 Å². The third-order valence-corrected chi connectivity index (χ3v) is 1.93. The van der Waals surface area contributed by atoms with E-state index < -0.39 is 0 Å². The summed E-state index contributed by atoms with van der Waals surface area (Å²) in [5.74, 6) is 0. The fraction of sp³-hybridized carbons (Fsp3) is 0.375. The summed E-state index contributed by atoms with van der Waals surface area (Å²) in [5.41, 5.74) is 0.631. The van der Waals surface area contributed by atoms with Gasteiger partial charge in [-0.05, 0) is 19.9 Å². The zero-order valence-corrected chi connectivity index (χ0v) is 7.51. The molecule has 2 heterocycles. The van der Waals surface area contributed by atoms with Crippen LogP contribution in [0.15, 0.2) is 23.3 Å². The van der Waals surface area contributed by atoms with Crippen molar-refractivity contribution in [1.82, 2.24) is 19.4 Å². The minimum atomic E-state index is -0.141. The highest BCUT2D eigenvalue weighted by molar-refractivity contribution is 5.41. The van der Waals surface area contributed by atoms with Crippen LogP contribution in [0, 0.1) is 0 Å². The third-order valence-electron chi connectivity index (χ3n) is 1.93. The molecule has 0 fully saturated rings. The highest BCUT2D eigenvalue weighted by atomic mass is 16.2. The summed E-state index contributed by atoms with van der Waals surface area (Å²) in [6.45, 7) is 3.91. The van der Waals surface area contributed by atoms with Gasteiger partial charge in [-0.15, -0.1) is 5.10 Å².